The van der Waals surface area contributed by atoms with Crippen LogP contribution in [0.3, 0.4) is 0 Å². The molecule has 0 saturated carbocycles. The summed E-state index contributed by atoms with van der Waals surface area (Å²) in [7, 11) is -3.84. The quantitative estimate of drug-likeness (QED) is 0.260. The van der Waals surface area contributed by atoms with Crippen molar-refractivity contribution in [1.29, 1.82) is 5.41 Å². The highest BCUT2D eigenvalue weighted by Gasteiger charge is 2.26. The van der Waals surface area contributed by atoms with E-state index in [0.29, 0.717) is 24.2 Å². The van der Waals surface area contributed by atoms with Crippen LogP contribution in [0, 0.1) is 5.41 Å². The molecule has 0 saturated heterocycles. The number of hydrogen-bond acceptors (Lipinski definition) is 7. The van der Waals surface area contributed by atoms with E-state index in [1.807, 2.05) is 6.92 Å². The molecule has 0 bridgehead atoms. The van der Waals surface area contributed by atoms with Crippen molar-refractivity contribution in [3.05, 3.63) is 29.8 Å². The van der Waals surface area contributed by atoms with E-state index in [0.717, 1.165) is 11.3 Å². The zero-order valence-electron chi connectivity index (χ0n) is 14.3. The number of hydrogen-bond donors (Lipinski definition) is 4. The van der Waals surface area contributed by atoms with Gasteiger partial charge in [-0.05, 0) is 24.1 Å². The Balaban J connectivity index is 2.98. The summed E-state index contributed by atoms with van der Waals surface area (Å²) in [5.41, 5.74) is 6.17. The van der Waals surface area contributed by atoms with Crippen molar-refractivity contribution >= 4 is 16.1 Å². The second kappa shape index (κ2) is 9.56. The monoisotopic (exact) mass is 375 g/mol. The molecule has 2 unspecified atom stereocenters. The normalized spacial score (nSPS) is 13.9. The summed E-state index contributed by atoms with van der Waals surface area (Å²) in [6, 6.07) is 6.11. The van der Waals surface area contributed by atoms with E-state index in [4.69, 9.17) is 25.3 Å². The molecule has 25 heavy (non-hydrogen) atoms. The maximum atomic E-state index is 11.4. The summed E-state index contributed by atoms with van der Waals surface area (Å²) in [6.45, 7) is 1.47. The lowest BCUT2D eigenvalue weighted by Gasteiger charge is -2.29. The minimum Gasteiger partial charge on any atom is -0.491 e. The summed E-state index contributed by atoms with van der Waals surface area (Å²) in [5, 5.41) is 26.5. The van der Waals surface area contributed by atoms with Gasteiger partial charge in [-0.3, -0.25) is 5.41 Å². The average Bonchev–Trinajstić information content (AvgIpc) is 2.55. The Morgan fingerprint density at radius 2 is 1.96 bits per heavy atom. The fourth-order valence-electron chi connectivity index (χ4n) is 2.13. The van der Waals surface area contributed by atoms with Crippen molar-refractivity contribution in [2.24, 2.45) is 5.73 Å². The minimum atomic E-state index is -3.84. The number of nitrogens with two attached hydrogens (primary N) is 1. The molecule has 1 aromatic carbocycles. The van der Waals surface area contributed by atoms with Gasteiger partial charge in [0.25, 0.3) is 10.1 Å². The predicted molar refractivity (Wildman–Crippen MR) is 92.4 cm³/mol. The molecule has 2 atom stereocenters. The topological polar surface area (TPSA) is 146 Å². The van der Waals surface area contributed by atoms with Crippen LogP contribution >= 0.6 is 0 Å². The molecule has 0 aliphatic heterocycles. The fraction of sp³-hybridized carbons (Fsp3) is 0.533. The van der Waals surface area contributed by atoms with Gasteiger partial charge in [-0.25, -0.2) is 0 Å². The van der Waals surface area contributed by atoms with Gasteiger partial charge in [0.1, 0.15) is 18.5 Å². The van der Waals surface area contributed by atoms with Crippen LogP contribution in [-0.4, -0.2) is 55.2 Å². The first kappa shape index (κ1) is 21.2. The number of rotatable bonds is 10. The first-order valence-corrected chi connectivity index (χ1v) is 9.54. The molecule has 0 radical (unpaired) electrons. The molecule has 0 heterocycles. The van der Waals surface area contributed by atoms with Gasteiger partial charge in [0.2, 0.25) is 5.96 Å². The lowest BCUT2D eigenvalue weighted by atomic mass is 10.0. The molecule has 1 aromatic rings. The van der Waals surface area contributed by atoms with Gasteiger partial charge in [0.15, 0.2) is 0 Å². The second-order valence-electron chi connectivity index (χ2n) is 5.51. The molecule has 9 nitrogen and oxygen atoms in total. The van der Waals surface area contributed by atoms with Crippen molar-refractivity contribution < 1.29 is 27.7 Å². The van der Waals surface area contributed by atoms with E-state index in [2.05, 4.69) is 0 Å². The van der Waals surface area contributed by atoms with E-state index >= 15 is 0 Å². The highest BCUT2D eigenvalue weighted by atomic mass is 32.2. The molecule has 10 heteroatoms. The smallest absolute Gasteiger partial charge is 0.285 e. The average molecular weight is 375 g/mol. The van der Waals surface area contributed by atoms with Crippen LogP contribution in [0.15, 0.2) is 24.3 Å². The number of benzene rings is 1. The Labute approximate surface area is 147 Å². The van der Waals surface area contributed by atoms with Crippen LogP contribution in [0.2, 0.25) is 0 Å². The number of aliphatic hydroxyl groups excluding tert-OH is 2. The number of guanidine groups is 1. The van der Waals surface area contributed by atoms with Crippen LogP contribution in [0.4, 0.5) is 0 Å². The summed E-state index contributed by atoms with van der Waals surface area (Å²) in [4.78, 5) is 0. The zero-order chi connectivity index (χ0) is 19.0. The largest absolute Gasteiger partial charge is 0.491 e. The number of nitrogens with one attached hydrogen (secondary N) is 1. The highest BCUT2D eigenvalue weighted by Crippen LogP contribution is 2.28. The highest BCUT2D eigenvalue weighted by molar-refractivity contribution is 7.85. The van der Waals surface area contributed by atoms with Gasteiger partial charge in [-0.15, -0.1) is 4.28 Å². The molecule has 1 rings (SSSR count). The van der Waals surface area contributed by atoms with E-state index < -0.39 is 34.8 Å². The molecule has 5 N–H and O–H groups in total. The molecule has 142 valence electrons. The van der Waals surface area contributed by atoms with Gasteiger partial charge in [-0.2, -0.15) is 13.5 Å². The minimum absolute atomic E-state index is 0.0506. The van der Waals surface area contributed by atoms with Gasteiger partial charge in [0, 0.05) is 0 Å². The molecule has 0 aliphatic carbocycles. The molecule has 0 aromatic heterocycles. The van der Waals surface area contributed by atoms with Crippen molar-refractivity contribution in [2.45, 2.75) is 31.9 Å². The summed E-state index contributed by atoms with van der Waals surface area (Å²) in [5.74, 6) is -0.0415. The van der Waals surface area contributed by atoms with Crippen LogP contribution in [-0.2, 0) is 14.4 Å². The van der Waals surface area contributed by atoms with Gasteiger partial charge >= 0.3 is 0 Å². The van der Waals surface area contributed by atoms with Crippen LogP contribution in [0.1, 0.15) is 31.4 Å². The third kappa shape index (κ3) is 7.26. The third-order valence-corrected chi connectivity index (χ3v) is 3.65. The standard InChI is InChI=1S/C15H25N3O6S/c1-3-4-14(18(15(16)17)24-25(2,21)22)11-5-7-13(8-6-11)23-10-12(20)9-19/h5-8,12,14,19-20H,3-4,9-10H2,1-2H3,(H3,16,17). The van der Waals surface area contributed by atoms with E-state index in [1.165, 1.54) is 0 Å². The second-order valence-corrected chi connectivity index (χ2v) is 7.07. The molecule has 0 fully saturated rings. The van der Waals surface area contributed by atoms with Crippen molar-refractivity contribution in [3.8, 4) is 5.75 Å². The van der Waals surface area contributed by atoms with Crippen molar-refractivity contribution in [3.63, 3.8) is 0 Å². The van der Waals surface area contributed by atoms with E-state index in [9.17, 15) is 13.5 Å². The van der Waals surface area contributed by atoms with E-state index in [1.54, 1.807) is 24.3 Å². The van der Waals surface area contributed by atoms with Gasteiger partial charge in [0.05, 0.1) is 18.9 Å². The summed E-state index contributed by atoms with van der Waals surface area (Å²) < 4.78 is 33.1. The van der Waals surface area contributed by atoms with Crippen LogP contribution in [0.5, 0.6) is 5.75 Å². The summed E-state index contributed by atoms with van der Waals surface area (Å²) in [6.07, 6.45) is 1.14. The van der Waals surface area contributed by atoms with Crippen molar-refractivity contribution in [2.75, 3.05) is 19.5 Å². The lowest BCUT2D eigenvalue weighted by Crippen LogP contribution is -2.40. The Morgan fingerprint density at radius 1 is 1.36 bits per heavy atom. The molecule has 0 spiro atoms. The zero-order valence-corrected chi connectivity index (χ0v) is 15.1. The first-order valence-electron chi connectivity index (χ1n) is 7.72. The van der Waals surface area contributed by atoms with E-state index in [-0.39, 0.29) is 6.61 Å². The Morgan fingerprint density at radius 3 is 2.40 bits per heavy atom. The maximum absolute atomic E-state index is 11.4. The molecular formula is C15H25N3O6S. The van der Waals surface area contributed by atoms with Crippen molar-refractivity contribution in [1.82, 2.24) is 5.06 Å². The molecule has 0 amide bonds. The fourth-order valence-corrected chi connectivity index (χ4v) is 2.61. The number of ether oxygens (including phenoxy) is 1. The van der Waals surface area contributed by atoms with Gasteiger partial charge < -0.3 is 20.7 Å². The Hall–Kier alpha value is -1.88. The number of aliphatic hydroxyl groups is 2. The molecule has 0 aliphatic rings. The SMILES string of the molecule is CCCC(c1ccc(OCC(O)CO)cc1)N(OS(C)(=O)=O)C(=N)N. The van der Waals surface area contributed by atoms with Crippen LogP contribution in [0.25, 0.3) is 0 Å². The predicted octanol–water partition coefficient (Wildman–Crippen LogP) is 0.346. The maximum Gasteiger partial charge on any atom is 0.285 e. The molecular weight excluding hydrogens is 350 g/mol. The summed E-state index contributed by atoms with van der Waals surface area (Å²) >= 11 is 0. The first-order chi connectivity index (χ1) is 11.7. The van der Waals surface area contributed by atoms with Gasteiger partial charge in [-0.1, -0.05) is 25.5 Å². The Kier molecular flexibility index (Phi) is 8.10. The number of hydroxylamine groups is 2. The Bertz CT molecular complexity index is 650. The number of nitrogens with zero attached hydrogens (tertiary/aromatic N) is 1. The third-order valence-electron chi connectivity index (χ3n) is 3.22. The van der Waals surface area contributed by atoms with Crippen LogP contribution < -0.4 is 10.5 Å². The lowest BCUT2D eigenvalue weighted by molar-refractivity contribution is -0.0206.